The van der Waals surface area contributed by atoms with Crippen LogP contribution in [0.1, 0.15) is 13.8 Å². The second-order valence-electron chi connectivity index (χ2n) is 3.94. The van der Waals surface area contributed by atoms with Crippen molar-refractivity contribution in [1.82, 2.24) is 10.2 Å². The maximum atomic E-state index is 11.7. The van der Waals surface area contributed by atoms with Crippen LogP contribution in [-0.4, -0.2) is 62.9 Å². The largest absolute Gasteiger partial charge is 0.379 e. The highest BCUT2D eigenvalue weighted by atomic mass is 16.5. The van der Waals surface area contributed by atoms with Gasteiger partial charge < -0.3 is 19.7 Å². The van der Waals surface area contributed by atoms with Gasteiger partial charge in [0, 0.05) is 32.3 Å². The molecule has 1 unspecified atom stereocenters. The molecule has 5 heteroatoms. The number of carbonyl (C=O) groups is 1. The van der Waals surface area contributed by atoms with Crippen molar-refractivity contribution in [2.24, 2.45) is 0 Å². The van der Waals surface area contributed by atoms with E-state index in [4.69, 9.17) is 9.47 Å². The summed E-state index contributed by atoms with van der Waals surface area (Å²) in [5.74, 6) is 0.0739. The van der Waals surface area contributed by atoms with Crippen LogP contribution in [-0.2, 0) is 14.3 Å². The third-order valence-corrected chi connectivity index (χ3v) is 2.52. The quantitative estimate of drug-likeness (QED) is 0.645. The van der Waals surface area contributed by atoms with E-state index in [1.807, 2.05) is 11.8 Å². The molecule has 1 aliphatic heterocycles. The minimum atomic E-state index is 0.0739. The molecule has 0 aromatic carbocycles. The van der Waals surface area contributed by atoms with Gasteiger partial charge in [0.05, 0.1) is 13.2 Å². The van der Waals surface area contributed by atoms with Crippen molar-refractivity contribution in [1.29, 1.82) is 0 Å². The van der Waals surface area contributed by atoms with Crippen LogP contribution < -0.4 is 5.32 Å². The first-order chi connectivity index (χ1) is 7.74. The van der Waals surface area contributed by atoms with E-state index in [2.05, 4.69) is 12.2 Å². The molecule has 1 rings (SSSR count). The molecule has 1 atom stereocenters. The Morgan fingerprint density at radius 2 is 2.19 bits per heavy atom. The number of ether oxygens (including phenoxy) is 2. The van der Waals surface area contributed by atoms with Crippen molar-refractivity contribution in [2.75, 3.05) is 46.1 Å². The molecular formula is C11H22N2O3. The Kier molecular flexibility index (Phi) is 6.37. The van der Waals surface area contributed by atoms with Gasteiger partial charge in [-0.3, -0.25) is 4.79 Å². The summed E-state index contributed by atoms with van der Waals surface area (Å²) >= 11 is 0. The molecule has 0 spiro atoms. The lowest BCUT2D eigenvalue weighted by Gasteiger charge is -2.31. The maximum Gasteiger partial charge on any atom is 0.248 e. The molecule has 0 bridgehead atoms. The Bertz CT molecular complexity index is 211. The first kappa shape index (κ1) is 13.4. The lowest BCUT2D eigenvalue weighted by molar-refractivity contribution is -0.137. The Labute approximate surface area is 97.1 Å². The first-order valence-electron chi connectivity index (χ1n) is 5.90. The predicted octanol–water partition coefficient (Wildman–Crippen LogP) is -0.140. The molecule has 1 saturated heterocycles. The standard InChI is InChI=1S/C11H22N2O3/c1-3-15-6-7-16-9-11(14)13-5-4-12-10(2)8-13/h10,12H,3-9H2,1-2H3. The van der Waals surface area contributed by atoms with E-state index in [0.717, 1.165) is 19.6 Å². The summed E-state index contributed by atoms with van der Waals surface area (Å²) in [6.45, 7) is 8.33. The van der Waals surface area contributed by atoms with Crippen molar-refractivity contribution < 1.29 is 14.3 Å². The number of carbonyl (C=O) groups excluding carboxylic acids is 1. The van der Waals surface area contributed by atoms with Crippen molar-refractivity contribution in [3.05, 3.63) is 0 Å². The van der Waals surface area contributed by atoms with Gasteiger partial charge in [0.15, 0.2) is 0 Å². The van der Waals surface area contributed by atoms with Crippen molar-refractivity contribution >= 4 is 5.91 Å². The molecule has 94 valence electrons. The topological polar surface area (TPSA) is 50.8 Å². The highest BCUT2D eigenvalue weighted by Gasteiger charge is 2.19. The SMILES string of the molecule is CCOCCOCC(=O)N1CCNC(C)C1. The second kappa shape index (κ2) is 7.60. The zero-order chi connectivity index (χ0) is 11.8. The zero-order valence-electron chi connectivity index (χ0n) is 10.2. The average molecular weight is 230 g/mol. The fourth-order valence-electron chi connectivity index (χ4n) is 1.67. The van der Waals surface area contributed by atoms with Crippen LogP contribution in [0.5, 0.6) is 0 Å². The Balaban J connectivity index is 2.09. The molecule has 1 aliphatic rings. The third kappa shape index (κ3) is 4.92. The summed E-state index contributed by atoms with van der Waals surface area (Å²) in [4.78, 5) is 13.6. The molecule has 5 nitrogen and oxygen atoms in total. The van der Waals surface area contributed by atoms with E-state index in [1.165, 1.54) is 0 Å². The minimum Gasteiger partial charge on any atom is -0.379 e. The summed E-state index contributed by atoms with van der Waals surface area (Å²) in [6, 6.07) is 0.376. The molecule has 0 saturated carbocycles. The molecule has 0 radical (unpaired) electrons. The van der Waals surface area contributed by atoms with Gasteiger partial charge in [-0.1, -0.05) is 0 Å². The fourth-order valence-corrected chi connectivity index (χ4v) is 1.67. The van der Waals surface area contributed by atoms with E-state index < -0.39 is 0 Å². The first-order valence-corrected chi connectivity index (χ1v) is 5.90. The van der Waals surface area contributed by atoms with E-state index in [9.17, 15) is 4.79 Å². The molecule has 16 heavy (non-hydrogen) atoms. The van der Waals surface area contributed by atoms with E-state index >= 15 is 0 Å². The van der Waals surface area contributed by atoms with Gasteiger partial charge in [0.2, 0.25) is 5.91 Å². The molecule has 1 heterocycles. The number of piperazine rings is 1. The average Bonchev–Trinajstić information content (AvgIpc) is 2.28. The summed E-state index contributed by atoms with van der Waals surface area (Å²) in [7, 11) is 0. The van der Waals surface area contributed by atoms with E-state index in [1.54, 1.807) is 0 Å². The predicted molar refractivity (Wildman–Crippen MR) is 61.4 cm³/mol. The fraction of sp³-hybridized carbons (Fsp3) is 0.909. The zero-order valence-corrected chi connectivity index (χ0v) is 10.2. The lowest BCUT2D eigenvalue weighted by Crippen LogP contribution is -2.52. The molecular weight excluding hydrogens is 208 g/mol. The smallest absolute Gasteiger partial charge is 0.248 e. The Morgan fingerprint density at radius 3 is 2.88 bits per heavy atom. The van der Waals surface area contributed by atoms with Crippen LogP contribution in [0.2, 0.25) is 0 Å². The number of hydrogen-bond acceptors (Lipinski definition) is 4. The summed E-state index contributed by atoms with van der Waals surface area (Å²) < 4.78 is 10.4. The van der Waals surface area contributed by atoms with E-state index in [-0.39, 0.29) is 12.5 Å². The molecule has 1 amide bonds. The molecule has 0 aromatic rings. The number of nitrogens with zero attached hydrogens (tertiary/aromatic N) is 1. The van der Waals surface area contributed by atoms with E-state index in [0.29, 0.717) is 25.9 Å². The van der Waals surface area contributed by atoms with Crippen LogP contribution in [0.4, 0.5) is 0 Å². The van der Waals surface area contributed by atoms with Gasteiger partial charge in [-0.2, -0.15) is 0 Å². The molecule has 0 aromatic heterocycles. The summed E-state index contributed by atoms with van der Waals surface area (Å²) in [5.41, 5.74) is 0. The number of nitrogens with one attached hydrogen (secondary N) is 1. The highest BCUT2D eigenvalue weighted by Crippen LogP contribution is 1.99. The lowest BCUT2D eigenvalue weighted by atomic mass is 10.2. The van der Waals surface area contributed by atoms with Gasteiger partial charge >= 0.3 is 0 Å². The third-order valence-electron chi connectivity index (χ3n) is 2.52. The van der Waals surface area contributed by atoms with Crippen LogP contribution in [0.25, 0.3) is 0 Å². The molecule has 1 N–H and O–H groups in total. The van der Waals surface area contributed by atoms with Gasteiger partial charge in [0.1, 0.15) is 6.61 Å². The normalized spacial score (nSPS) is 21.1. The molecule has 0 aliphatic carbocycles. The van der Waals surface area contributed by atoms with Crippen LogP contribution in [0.3, 0.4) is 0 Å². The minimum absolute atomic E-state index is 0.0739. The van der Waals surface area contributed by atoms with Gasteiger partial charge in [-0.15, -0.1) is 0 Å². The summed E-state index contributed by atoms with van der Waals surface area (Å²) in [5, 5.41) is 3.30. The number of hydrogen-bond donors (Lipinski definition) is 1. The monoisotopic (exact) mass is 230 g/mol. The van der Waals surface area contributed by atoms with Crippen molar-refractivity contribution in [3.63, 3.8) is 0 Å². The van der Waals surface area contributed by atoms with Gasteiger partial charge in [-0.05, 0) is 13.8 Å². The van der Waals surface area contributed by atoms with Crippen molar-refractivity contribution in [2.45, 2.75) is 19.9 Å². The maximum absolute atomic E-state index is 11.7. The van der Waals surface area contributed by atoms with Gasteiger partial charge in [0.25, 0.3) is 0 Å². The number of amides is 1. The number of rotatable bonds is 6. The molecule has 1 fully saturated rings. The highest BCUT2D eigenvalue weighted by molar-refractivity contribution is 5.77. The van der Waals surface area contributed by atoms with Gasteiger partial charge in [-0.25, -0.2) is 0 Å². The van der Waals surface area contributed by atoms with Crippen LogP contribution >= 0.6 is 0 Å². The van der Waals surface area contributed by atoms with Crippen LogP contribution in [0.15, 0.2) is 0 Å². The van der Waals surface area contributed by atoms with Crippen LogP contribution in [0, 0.1) is 0 Å². The summed E-state index contributed by atoms with van der Waals surface area (Å²) in [6.07, 6.45) is 0. The second-order valence-corrected chi connectivity index (χ2v) is 3.94. The Hall–Kier alpha value is -0.650. The Morgan fingerprint density at radius 1 is 1.44 bits per heavy atom. The van der Waals surface area contributed by atoms with Crippen molar-refractivity contribution in [3.8, 4) is 0 Å².